The molecule has 214 valence electrons. The predicted octanol–water partition coefficient (Wildman–Crippen LogP) is 6.49. The van der Waals surface area contributed by atoms with Crippen LogP contribution in [-0.4, -0.2) is 41.3 Å². The van der Waals surface area contributed by atoms with Gasteiger partial charge in [-0.1, -0.05) is 53.5 Å². The summed E-state index contributed by atoms with van der Waals surface area (Å²) in [5, 5.41) is 0.553. The number of nitrogens with zero attached hydrogens (tertiary/aromatic N) is 3. The van der Waals surface area contributed by atoms with E-state index in [1.54, 1.807) is 0 Å². The van der Waals surface area contributed by atoms with Crippen molar-refractivity contribution >= 4 is 55.9 Å². The van der Waals surface area contributed by atoms with Gasteiger partial charge in [0.2, 0.25) is 5.13 Å². The highest BCUT2D eigenvalue weighted by atomic mass is 35.5. The maximum Gasteiger partial charge on any atom is 0.338 e. The maximum absolute atomic E-state index is 15.2. The lowest BCUT2D eigenvalue weighted by Crippen LogP contribution is -2.40. The molecule has 5 rings (SSSR count). The second kappa shape index (κ2) is 12.4. The SMILES string of the molecule is O=C(O[C@H]1CCN(Cc2cc(F)c(S(=O)(=O)Nc3ncns3)cc2F)[C@@H](c2ccccc2)C1)c1cc(Cl)cc(Cl)c1. The van der Waals surface area contributed by atoms with E-state index in [0.717, 1.165) is 29.5 Å². The highest BCUT2D eigenvalue weighted by Gasteiger charge is 2.33. The third-order valence-electron chi connectivity index (χ3n) is 6.57. The summed E-state index contributed by atoms with van der Waals surface area (Å²) >= 11 is 12.8. The number of sulfonamides is 1. The average Bonchev–Trinajstić information content (AvgIpc) is 3.43. The molecule has 8 nitrogen and oxygen atoms in total. The summed E-state index contributed by atoms with van der Waals surface area (Å²) in [6.45, 7) is 0.393. The van der Waals surface area contributed by atoms with Gasteiger partial charge in [-0.25, -0.2) is 27.0 Å². The van der Waals surface area contributed by atoms with Crippen molar-refractivity contribution in [1.29, 1.82) is 0 Å². The van der Waals surface area contributed by atoms with Gasteiger partial charge in [0.25, 0.3) is 10.0 Å². The highest BCUT2D eigenvalue weighted by Crippen LogP contribution is 2.35. The molecule has 3 aromatic carbocycles. The third kappa shape index (κ3) is 7.02. The monoisotopic (exact) mass is 638 g/mol. The van der Waals surface area contributed by atoms with Gasteiger partial charge >= 0.3 is 5.97 Å². The number of rotatable bonds is 8. The van der Waals surface area contributed by atoms with E-state index in [9.17, 15) is 13.2 Å². The number of halogens is 4. The van der Waals surface area contributed by atoms with E-state index < -0.39 is 38.6 Å². The Balaban J connectivity index is 1.35. The van der Waals surface area contributed by atoms with Gasteiger partial charge in [0.05, 0.1) is 5.56 Å². The Labute approximate surface area is 249 Å². The topological polar surface area (TPSA) is 101 Å². The van der Waals surface area contributed by atoms with E-state index in [4.69, 9.17) is 27.9 Å². The summed E-state index contributed by atoms with van der Waals surface area (Å²) in [5.41, 5.74) is 1.12. The summed E-state index contributed by atoms with van der Waals surface area (Å²) in [5.74, 6) is -2.53. The number of likely N-dealkylation sites (tertiary alicyclic amines) is 1. The number of carbonyl (C=O) groups is 1. The van der Waals surface area contributed by atoms with Gasteiger partial charge < -0.3 is 4.74 Å². The van der Waals surface area contributed by atoms with Crippen LogP contribution in [0.4, 0.5) is 13.9 Å². The molecule has 1 aliphatic heterocycles. The van der Waals surface area contributed by atoms with Gasteiger partial charge in [0.1, 0.15) is 29.0 Å². The minimum atomic E-state index is -4.42. The molecule has 0 saturated carbocycles. The van der Waals surface area contributed by atoms with Gasteiger partial charge in [0, 0.05) is 52.7 Å². The van der Waals surface area contributed by atoms with Crippen molar-refractivity contribution in [3.63, 3.8) is 0 Å². The van der Waals surface area contributed by atoms with Crippen LogP contribution in [-0.2, 0) is 21.3 Å². The van der Waals surface area contributed by atoms with Crippen LogP contribution in [0.25, 0.3) is 0 Å². The van der Waals surface area contributed by atoms with Crippen molar-refractivity contribution in [3.8, 4) is 0 Å². The Morgan fingerprint density at radius 3 is 2.49 bits per heavy atom. The maximum atomic E-state index is 15.2. The molecule has 0 spiro atoms. The molecule has 14 heteroatoms. The first-order chi connectivity index (χ1) is 19.6. The van der Waals surface area contributed by atoms with Crippen LogP contribution in [0.1, 0.15) is 40.4 Å². The fourth-order valence-corrected chi connectivity index (χ4v) is 6.95. The molecule has 0 radical (unpaired) electrons. The van der Waals surface area contributed by atoms with E-state index in [0.29, 0.717) is 35.5 Å². The molecule has 0 unspecified atom stereocenters. The minimum absolute atomic E-state index is 0.00294. The summed E-state index contributed by atoms with van der Waals surface area (Å²) < 4.78 is 67.1. The van der Waals surface area contributed by atoms with Gasteiger partial charge in [0.15, 0.2) is 0 Å². The lowest BCUT2D eigenvalue weighted by molar-refractivity contribution is -0.00575. The zero-order valence-corrected chi connectivity index (χ0v) is 24.3. The van der Waals surface area contributed by atoms with Gasteiger partial charge in [-0.05, 0) is 42.3 Å². The summed E-state index contributed by atoms with van der Waals surface area (Å²) in [4.78, 5) is 17.6. The summed E-state index contributed by atoms with van der Waals surface area (Å²) in [7, 11) is -4.42. The second-order valence-corrected chi connectivity index (χ2v) is 12.6. The Morgan fingerprint density at radius 1 is 1.07 bits per heavy atom. The number of hydrogen-bond acceptors (Lipinski definition) is 8. The number of hydrogen-bond donors (Lipinski definition) is 1. The van der Waals surface area contributed by atoms with Crippen molar-refractivity contribution in [1.82, 2.24) is 14.3 Å². The quantitative estimate of drug-likeness (QED) is 0.220. The lowest BCUT2D eigenvalue weighted by Gasteiger charge is -2.39. The van der Waals surface area contributed by atoms with Crippen molar-refractivity contribution in [2.24, 2.45) is 0 Å². The molecule has 2 atom stereocenters. The molecule has 1 aliphatic rings. The molecule has 1 saturated heterocycles. The fraction of sp³-hybridized carbons (Fsp3) is 0.222. The van der Waals surface area contributed by atoms with E-state index in [2.05, 4.69) is 14.1 Å². The molecule has 4 aromatic rings. The number of anilines is 1. The first-order valence-corrected chi connectivity index (χ1v) is 15.3. The van der Waals surface area contributed by atoms with Crippen molar-refractivity contribution in [2.45, 2.75) is 36.4 Å². The van der Waals surface area contributed by atoms with Crippen LogP contribution in [0.2, 0.25) is 10.0 Å². The van der Waals surface area contributed by atoms with E-state index in [1.807, 2.05) is 35.2 Å². The van der Waals surface area contributed by atoms with E-state index in [1.165, 1.54) is 18.2 Å². The molecule has 0 amide bonds. The molecule has 1 aromatic heterocycles. The van der Waals surface area contributed by atoms with Crippen LogP contribution in [0.5, 0.6) is 0 Å². The number of aromatic nitrogens is 2. The van der Waals surface area contributed by atoms with Crippen LogP contribution < -0.4 is 4.72 Å². The van der Waals surface area contributed by atoms with Crippen LogP contribution in [0.15, 0.2) is 71.9 Å². The Kier molecular flexibility index (Phi) is 8.85. The molecule has 41 heavy (non-hydrogen) atoms. The predicted molar refractivity (Wildman–Crippen MR) is 152 cm³/mol. The number of benzene rings is 3. The largest absolute Gasteiger partial charge is 0.459 e. The summed E-state index contributed by atoms with van der Waals surface area (Å²) in [6, 6.07) is 15.1. The van der Waals surface area contributed by atoms with E-state index in [-0.39, 0.29) is 28.8 Å². The molecular weight excluding hydrogens is 617 g/mol. The van der Waals surface area contributed by atoms with Crippen molar-refractivity contribution in [3.05, 3.63) is 105 Å². The molecule has 1 fully saturated rings. The van der Waals surface area contributed by atoms with Crippen molar-refractivity contribution < 1.29 is 26.7 Å². The first-order valence-electron chi connectivity index (χ1n) is 12.3. The average molecular weight is 640 g/mol. The van der Waals surface area contributed by atoms with Gasteiger partial charge in [-0.2, -0.15) is 4.37 Å². The summed E-state index contributed by atoms with van der Waals surface area (Å²) in [6.07, 6.45) is 1.52. The third-order valence-corrected chi connectivity index (χ3v) is 9.07. The minimum Gasteiger partial charge on any atom is -0.459 e. The molecule has 1 N–H and O–H groups in total. The van der Waals surface area contributed by atoms with E-state index >= 15 is 8.78 Å². The van der Waals surface area contributed by atoms with Crippen LogP contribution in [0, 0.1) is 11.6 Å². The molecular formula is C27H22Cl2F2N4O4S2. The van der Waals surface area contributed by atoms with Crippen molar-refractivity contribution in [2.75, 3.05) is 11.3 Å². The normalized spacial score (nSPS) is 17.8. The zero-order chi connectivity index (χ0) is 29.1. The number of ether oxygens (including phenoxy) is 1. The number of carbonyl (C=O) groups excluding carboxylic acids is 1. The second-order valence-electron chi connectivity index (χ2n) is 9.33. The number of nitrogens with one attached hydrogen (secondary N) is 1. The number of piperidine rings is 1. The molecule has 2 heterocycles. The van der Waals surface area contributed by atoms with Gasteiger partial charge in [-0.15, -0.1) is 0 Å². The lowest BCUT2D eigenvalue weighted by atomic mass is 9.92. The van der Waals surface area contributed by atoms with Gasteiger partial charge in [-0.3, -0.25) is 9.62 Å². The highest BCUT2D eigenvalue weighted by molar-refractivity contribution is 7.93. The van der Waals surface area contributed by atoms with Crippen LogP contribution >= 0.6 is 34.7 Å². The molecule has 0 aliphatic carbocycles. The standard InChI is InChI=1S/C27H22Cl2F2N4O4S2/c28-19-8-17(9-20(29)11-19)26(36)39-21-6-7-35(24(12-21)16-4-2-1-3-5-16)14-18-10-23(31)25(13-22(18)30)41(37,38)34-27-32-15-33-40-27/h1-5,8-11,13,15,21,24H,6-7,12,14H2,(H,32,33,34)/t21-,24+/m0/s1. The Hall–Kier alpha value is -3.16. The zero-order valence-electron chi connectivity index (χ0n) is 21.1. The fourth-order valence-electron chi connectivity index (χ4n) is 4.69. The van der Waals surface area contributed by atoms with Crippen LogP contribution in [0.3, 0.4) is 0 Å². The number of esters is 1. The molecule has 0 bridgehead atoms. The Bertz CT molecular complexity index is 1640. The first kappa shape index (κ1) is 29.3. The Morgan fingerprint density at radius 2 is 1.80 bits per heavy atom. The smallest absolute Gasteiger partial charge is 0.338 e.